The third-order valence-electron chi connectivity index (χ3n) is 2.22. The molecule has 0 spiro atoms. The van der Waals surface area contributed by atoms with Crippen molar-refractivity contribution in [1.82, 2.24) is 4.57 Å². The van der Waals surface area contributed by atoms with E-state index in [4.69, 9.17) is 5.11 Å². The van der Waals surface area contributed by atoms with Crippen molar-refractivity contribution in [2.24, 2.45) is 7.05 Å². The Balaban J connectivity index is 0.000000980. The summed E-state index contributed by atoms with van der Waals surface area (Å²) in [5.74, 6) is 0. The number of imidazole rings is 1. The minimum atomic E-state index is 0. The number of aryl methyl sites for hydroxylation is 1. The fourth-order valence-electron chi connectivity index (χ4n) is 1.62. The number of aliphatic hydroxyl groups is 1. The van der Waals surface area contributed by atoms with E-state index in [-0.39, 0.29) is 30.6 Å². The summed E-state index contributed by atoms with van der Waals surface area (Å²) < 4.78 is 4.11. The molecule has 0 fully saturated rings. The molecule has 1 aromatic carbocycles. The minimum absolute atomic E-state index is 0. The first-order valence-electron chi connectivity index (χ1n) is 4.37. The molecule has 1 aromatic heterocycles. The number of aromatic nitrogens is 2. The Labute approximate surface area is 100.0 Å². The quantitative estimate of drug-likeness (QED) is 0.481. The van der Waals surface area contributed by atoms with E-state index in [1.54, 1.807) is 0 Å². The molecule has 0 aliphatic rings. The van der Waals surface area contributed by atoms with Crippen LogP contribution in [0.4, 0.5) is 0 Å². The highest BCUT2D eigenvalue weighted by molar-refractivity contribution is 5.71. The first-order valence-corrected chi connectivity index (χ1v) is 4.37. The highest BCUT2D eigenvalue weighted by Gasteiger charge is 2.10. The highest BCUT2D eigenvalue weighted by atomic mass is 127. The molecule has 4 heteroatoms. The van der Waals surface area contributed by atoms with Crippen LogP contribution in [0.3, 0.4) is 0 Å². The lowest BCUT2D eigenvalue weighted by Crippen LogP contribution is -3.00. The molecule has 2 aromatic rings. The Morgan fingerprint density at radius 1 is 1.36 bits per heavy atom. The van der Waals surface area contributed by atoms with Crippen LogP contribution in [0, 0.1) is 0 Å². The monoisotopic (exact) mass is 304 g/mol. The van der Waals surface area contributed by atoms with Gasteiger partial charge in [-0.1, -0.05) is 12.1 Å². The Hall–Kier alpha value is -0.620. The summed E-state index contributed by atoms with van der Waals surface area (Å²) in [7, 11) is 2.01. The maximum Gasteiger partial charge on any atom is 0.244 e. The van der Waals surface area contributed by atoms with Gasteiger partial charge in [0.05, 0.1) is 13.7 Å². The van der Waals surface area contributed by atoms with Gasteiger partial charge in [-0.2, -0.15) is 0 Å². The van der Waals surface area contributed by atoms with Crippen LogP contribution in [0.2, 0.25) is 0 Å². The van der Waals surface area contributed by atoms with Gasteiger partial charge in [0.1, 0.15) is 6.54 Å². The first-order chi connectivity index (χ1) is 6.33. The molecule has 76 valence electrons. The fraction of sp³-hybridized carbons (Fsp3) is 0.300. The lowest BCUT2D eigenvalue weighted by molar-refractivity contribution is -0.673. The number of nitrogens with zero attached hydrogens (tertiary/aromatic N) is 2. The normalized spacial score (nSPS) is 10.1. The lowest BCUT2D eigenvalue weighted by atomic mass is 10.3. The summed E-state index contributed by atoms with van der Waals surface area (Å²) in [6.07, 6.45) is 2.00. The zero-order chi connectivity index (χ0) is 9.26. The summed E-state index contributed by atoms with van der Waals surface area (Å²) in [4.78, 5) is 0. The maximum absolute atomic E-state index is 8.86. The fourth-order valence-corrected chi connectivity index (χ4v) is 1.62. The van der Waals surface area contributed by atoms with Crippen LogP contribution in [0.5, 0.6) is 0 Å². The molecule has 0 saturated carbocycles. The van der Waals surface area contributed by atoms with Gasteiger partial charge in [-0.15, -0.1) is 0 Å². The number of rotatable bonds is 2. The largest absolute Gasteiger partial charge is 1.00 e. The number of aliphatic hydroxyl groups excluding tert-OH is 1. The van der Waals surface area contributed by atoms with Crippen LogP contribution in [-0.2, 0) is 13.6 Å². The summed E-state index contributed by atoms with van der Waals surface area (Å²) in [6, 6.07) is 8.16. The van der Waals surface area contributed by atoms with Gasteiger partial charge >= 0.3 is 0 Å². The Morgan fingerprint density at radius 2 is 2.07 bits per heavy atom. The SMILES string of the molecule is Cn1c[n+](CCO)c2ccccc21.[I-]. The van der Waals surface area contributed by atoms with Crippen molar-refractivity contribution in [2.45, 2.75) is 6.54 Å². The van der Waals surface area contributed by atoms with E-state index in [1.807, 2.05) is 25.5 Å². The molecule has 0 aliphatic heterocycles. The number of halogens is 1. The predicted octanol–water partition coefficient (Wildman–Crippen LogP) is -2.54. The second kappa shape index (κ2) is 4.75. The van der Waals surface area contributed by atoms with E-state index in [9.17, 15) is 0 Å². The molecular formula is C10H13IN2O. The van der Waals surface area contributed by atoms with Gasteiger partial charge < -0.3 is 29.1 Å². The van der Waals surface area contributed by atoms with Gasteiger partial charge in [-0.25, -0.2) is 9.13 Å². The zero-order valence-electron chi connectivity index (χ0n) is 8.02. The summed E-state index contributed by atoms with van der Waals surface area (Å²) in [6.45, 7) is 0.833. The second-order valence-electron chi connectivity index (χ2n) is 3.13. The summed E-state index contributed by atoms with van der Waals surface area (Å²) in [5.41, 5.74) is 2.36. The second-order valence-corrected chi connectivity index (χ2v) is 3.13. The van der Waals surface area contributed by atoms with Crippen LogP contribution in [0.25, 0.3) is 11.0 Å². The van der Waals surface area contributed by atoms with Crippen molar-refractivity contribution in [3.05, 3.63) is 30.6 Å². The molecule has 0 aliphatic carbocycles. The number of hydrogen-bond acceptors (Lipinski definition) is 1. The third-order valence-corrected chi connectivity index (χ3v) is 2.22. The Bertz CT molecular complexity index is 425. The Kier molecular flexibility index (Phi) is 3.88. The maximum atomic E-state index is 8.86. The molecular weight excluding hydrogens is 291 g/mol. The van der Waals surface area contributed by atoms with Crippen LogP contribution >= 0.6 is 0 Å². The van der Waals surface area contributed by atoms with Crippen molar-refractivity contribution in [1.29, 1.82) is 0 Å². The number of fused-ring (bicyclic) bond motifs is 1. The molecule has 2 rings (SSSR count). The smallest absolute Gasteiger partial charge is 0.244 e. The van der Waals surface area contributed by atoms with E-state index in [1.165, 1.54) is 11.0 Å². The van der Waals surface area contributed by atoms with Crippen LogP contribution in [0.15, 0.2) is 30.6 Å². The van der Waals surface area contributed by atoms with E-state index in [0.717, 1.165) is 0 Å². The van der Waals surface area contributed by atoms with Crippen molar-refractivity contribution < 1.29 is 33.7 Å². The molecule has 0 saturated heterocycles. The van der Waals surface area contributed by atoms with E-state index in [2.05, 4.69) is 21.3 Å². The molecule has 0 radical (unpaired) electrons. The molecule has 0 bridgehead atoms. The van der Waals surface area contributed by atoms with Gasteiger partial charge in [0.15, 0.2) is 11.0 Å². The van der Waals surface area contributed by atoms with Crippen LogP contribution in [-0.4, -0.2) is 16.3 Å². The van der Waals surface area contributed by atoms with Gasteiger partial charge in [0.2, 0.25) is 6.33 Å². The minimum Gasteiger partial charge on any atom is -1.00 e. The summed E-state index contributed by atoms with van der Waals surface area (Å²) >= 11 is 0. The first kappa shape index (κ1) is 11.5. The average molecular weight is 304 g/mol. The molecule has 3 nitrogen and oxygen atoms in total. The van der Waals surface area contributed by atoms with E-state index in [0.29, 0.717) is 6.54 Å². The third kappa shape index (κ3) is 1.90. The van der Waals surface area contributed by atoms with Crippen molar-refractivity contribution in [3.63, 3.8) is 0 Å². The van der Waals surface area contributed by atoms with Crippen LogP contribution in [0.1, 0.15) is 0 Å². The van der Waals surface area contributed by atoms with Gasteiger partial charge in [-0.05, 0) is 12.1 Å². The number of benzene rings is 1. The molecule has 0 unspecified atom stereocenters. The van der Waals surface area contributed by atoms with E-state index >= 15 is 0 Å². The van der Waals surface area contributed by atoms with Gasteiger partial charge in [0, 0.05) is 0 Å². The standard InChI is InChI=1S/C10H13N2O.HI/c1-11-8-12(6-7-13)10-5-3-2-4-9(10)11;/h2-5,8,13H,6-7H2,1H3;1H/q+1;/p-1. The van der Waals surface area contributed by atoms with Crippen molar-refractivity contribution in [2.75, 3.05) is 6.61 Å². The molecule has 1 heterocycles. The van der Waals surface area contributed by atoms with Gasteiger partial charge in [-0.3, -0.25) is 0 Å². The van der Waals surface area contributed by atoms with Gasteiger partial charge in [0.25, 0.3) is 0 Å². The predicted molar refractivity (Wildman–Crippen MR) is 50.2 cm³/mol. The molecule has 14 heavy (non-hydrogen) atoms. The topological polar surface area (TPSA) is 29.0 Å². The molecule has 0 amide bonds. The molecule has 0 atom stereocenters. The lowest BCUT2D eigenvalue weighted by Gasteiger charge is -1.91. The van der Waals surface area contributed by atoms with Crippen LogP contribution < -0.4 is 28.5 Å². The molecule has 1 N–H and O–H groups in total. The average Bonchev–Trinajstić information content (AvgIpc) is 2.46. The van der Waals surface area contributed by atoms with Crippen molar-refractivity contribution in [3.8, 4) is 0 Å². The highest BCUT2D eigenvalue weighted by Crippen LogP contribution is 2.08. The Morgan fingerprint density at radius 3 is 2.79 bits per heavy atom. The van der Waals surface area contributed by atoms with Crippen molar-refractivity contribution >= 4 is 11.0 Å². The van der Waals surface area contributed by atoms with E-state index < -0.39 is 0 Å². The summed E-state index contributed by atoms with van der Waals surface area (Å²) in [5, 5.41) is 8.86. The zero-order valence-corrected chi connectivity index (χ0v) is 10.2. The number of hydrogen-bond donors (Lipinski definition) is 1. The number of para-hydroxylation sites is 2.